The van der Waals surface area contributed by atoms with E-state index in [1.807, 2.05) is 6.92 Å². The third-order valence-electron chi connectivity index (χ3n) is 2.78. The minimum Gasteiger partial charge on any atom is -0.362 e. The minimum atomic E-state index is 0.516. The number of aryl methyl sites for hydroxylation is 1. The van der Waals surface area contributed by atoms with Gasteiger partial charge in [-0.3, -0.25) is 9.97 Å². The first kappa shape index (κ1) is 12.3. The fraction of sp³-hybridized carbons (Fsp3) is 0.250. The summed E-state index contributed by atoms with van der Waals surface area (Å²) in [6, 6.07) is 0. The van der Waals surface area contributed by atoms with Gasteiger partial charge < -0.3 is 15.6 Å². The molecule has 0 saturated carbocycles. The molecule has 3 aromatic heterocycles. The molecule has 0 radical (unpaired) electrons. The van der Waals surface area contributed by atoms with E-state index in [1.165, 1.54) is 0 Å². The lowest BCUT2D eigenvalue weighted by Gasteiger charge is -2.07. The molecule has 0 atom stereocenters. The van der Waals surface area contributed by atoms with Crippen molar-refractivity contribution in [2.45, 2.75) is 13.5 Å². The van der Waals surface area contributed by atoms with Gasteiger partial charge in [-0.25, -0.2) is 4.98 Å². The van der Waals surface area contributed by atoms with E-state index in [1.54, 1.807) is 25.8 Å². The number of H-pyrrole nitrogens is 1. The molecule has 0 fully saturated rings. The second-order valence-corrected chi connectivity index (χ2v) is 4.25. The second-order valence-electron chi connectivity index (χ2n) is 4.25. The highest BCUT2D eigenvalue weighted by Gasteiger charge is 2.09. The topological polar surface area (TPSA) is 104 Å². The van der Waals surface area contributed by atoms with Gasteiger partial charge in [0.05, 0.1) is 30.5 Å². The van der Waals surface area contributed by atoms with Gasteiger partial charge in [0, 0.05) is 13.2 Å². The van der Waals surface area contributed by atoms with Crippen LogP contribution in [0.1, 0.15) is 11.4 Å². The van der Waals surface area contributed by atoms with Crippen LogP contribution in [-0.4, -0.2) is 37.0 Å². The number of nitrogens with one attached hydrogen (secondary N) is 3. The molecule has 0 aromatic carbocycles. The highest BCUT2D eigenvalue weighted by molar-refractivity contribution is 5.83. The number of aromatic amines is 1. The molecule has 20 heavy (non-hydrogen) atoms. The van der Waals surface area contributed by atoms with Crippen molar-refractivity contribution < 1.29 is 0 Å². The summed E-state index contributed by atoms with van der Waals surface area (Å²) in [6.07, 6.45) is 5.07. The molecule has 3 aromatic rings. The summed E-state index contributed by atoms with van der Waals surface area (Å²) in [5.74, 6) is 1.20. The molecule has 0 amide bonds. The third-order valence-corrected chi connectivity index (χ3v) is 2.78. The number of imidazole rings is 1. The van der Waals surface area contributed by atoms with Crippen LogP contribution in [0.25, 0.3) is 11.2 Å². The average Bonchev–Trinajstić information content (AvgIpc) is 2.94. The van der Waals surface area contributed by atoms with Crippen molar-refractivity contribution in [3.05, 3.63) is 30.1 Å². The van der Waals surface area contributed by atoms with Crippen molar-refractivity contribution in [2.24, 2.45) is 0 Å². The van der Waals surface area contributed by atoms with E-state index in [-0.39, 0.29) is 0 Å². The van der Waals surface area contributed by atoms with Crippen LogP contribution in [-0.2, 0) is 6.54 Å². The summed E-state index contributed by atoms with van der Waals surface area (Å²) >= 11 is 0. The molecule has 0 aliphatic carbocycles. The summed E-state index contributed by atoms with van der Waals surface area (Å²) in [7, 11) is 1.77. The molecule has 8 nitrogen and oxygen atoms in total. The van der Waals surface area contributed by atoms with Crippen molar-refractivity contribution in [3.8, 4) is 0 Å². The predicted octanol–water partition coefficient (Wildman–Crippen LogP) is 1.11. The summed E-state index contributed by atoms with van der Waals surface area (Å²) in [5, 5.41) is 6.13. The first-order valence-electron chi connectivity index (χ1n) is 6.16. The van der Waals surface area contributed by atoms with Gasteiger partial charge in [-0.1, -0.05) is 0 Å². The number of rotatable bonds is 4. The highest BCUT2D eigenvalue weighted by Crippen LogP contribution is 2.18. The number of anilines is 2. The van der Waals surface area contributed by atoms with Gasteiger partial charge >= 0.3 is 0 Å². The zero-order valence-electron chi connectivity index (χ0n) is 11.2. The van der Waals surface area contributed by atoms with Gasteiger partial charge in [-0.05, 0) is 6.92 Å². The SMILES string of the molecule is CNc1nc(NCc2cnc(C)cn2)c2[nH]cnc2n1. The molecule has 3 N–H and O–H groups in total. The first-order chi connectivity index (χ1) is 9.76. The molecule has 0 saturated heterocycles. The molecule has 3 heterocycles. The maximum atomic E-state index is 4.37. The lowest BCUT2D eigenvalue weighted by molar-refractivity contribution is 0.976. The average molecular weight is 270 g/mol. The summed E-state index contributed by atoms with van der Waals surface area (Å²) in [6.45, 7) is 2.43. The second kappa shape index (κ2) is 5.08. The minimum absolute atomic E-state index is 0.516. The van der Waals surface area contributed by atoms with E-state index < -0.39 is 0 Å². The quantitative estimate of drug-likeness (QED) is 0.652. The third kappa shape index (κ3) is 2.35. The number of hydrogen-bond acceptors (Lipinski definition) is 7. The van der Waals surface area contributed by atoms with Gasteiger partial charge in [0.15, 0.2) is 11.5 Å². The molecule has 8 heteroatoms. The van der Waals surface area contributed by atoms with Crippen LogP contribution in [0.5, 0.6) is 0 Å². The monoisotopic (exact) mass is 270 g/mol. The molecule has 3 rings (SSSR count). The van der Waals surface area contributed by atoms with E-state index in [2.05, 4.69) is 40.5 Å². The van der Waals surface area contributed by atoms with Crippen LogP contribution in [0.3, 0.4) is 0 Å². The number of nitrogens with zero attached hydrogens (tertiary/aromatic N) is 5. The van der Waals surface area contributed by atoms with Crippen molar-refractivity contribution in [2.75, 3.05) is 17.7 Å². The molecule has 0 aliphatic heterocycles. The largest absolute Gasteiger partial charge is 0.362 e. The predicted molar refractivity (Wildman–Crippen MR) is 75.3 cm³/mol. The lowest BCUT2D eigenvalue weighted by atomic mass is 10.4. The van der Waals surface area contributed by atoms with Gasteiger partial charge in [0.25, 0.3) is 0 Å². The van der Waals surface area contributed by atoms with E-state index in [0.29, 0.717) is 24.0 Å². The molecule has 102 valence electrons. The summed E-state index contributed by atoms with van der Waals surface area (Å²) < 4.78 is 0. The van der Waals surface area contributed by atoms with Crippen molar-refractivity contribution in [1.29, 1.82) is 0 Å². The van der Waals surface area contributed by atoms with Gasteiger partial charge in [-0.15, -0.1) is 0 Å². The van der Waals surface area contributed by atoms with Crippen LogP contribution >= 0.6 is 0 Å². The standard InChI is InChI=1S/C12H14N8/c1-7-3-15-8(4-14-7)5-16-10-9-11(18-6-17-9)20-12(13-2)19-10/h3-4,6H,5H2,1-2H3,(H3,13,16,17,18,19,20). The number of aromatic nitrogens is 6. The molecule has 0 spiro atoms. The molecular weight excluding hydrogens is 256 g/mol. The zero-order valence-corrected chi connectivity index (χ0v) is 11.2. The Balaban J connectivity index is 1.86. The van der Waals surface area contributed by atoms with Crippen molar-refractivity contribution in [3.63, 3.8) is 0 Å². The maximum absolute atomic E-state index is 4.37. The Kier molecular flexibility index (Phi) is 3.12. The van der Waals surface area contributed by atoms with Crippen LogP contribution in [0, 0.1) is 6.92 Å². The molecular formula is C12H14N8. The number of hydrogen-bond donors (Lipinski definition) is 3. The fourth-order valence-electron chi connectivity index (χ4n) is 1.76. The zero-order chi connectivity index (χ0) is 13.9. The first-order valence-corrected chi connectivity index (χ1v) is 6.16. The van der Waals surface area contributed by atoms with Crippen molar-refractivity contribution >= 4 is 22.9 Å². The molecule has 0 aliphatic rings. The van der Waals surface area contributed by atoms with E-state index >= 15 is 0 Å². The molecule has 0 bridgehead atoms. The number of fused-ring (bicyclic) bond motifs is 1. The maximum Gasteiger partial charge on any atom is 0.226 e. The smallest absolute Gasteiger partial charge is 0.226 e. The van der Waals surface area contributed by atoms with Crippen LogP contribution in [0.15, 0.2) is 18.7 Å². The van der Waals surface area contributed by atoms with Gasteiger partial charge in [-0.2, -0.15) is 9.97 Å². The van der Waals surface area contributed by atoms with Gasteiger partial charge in [0.1, 0.15) is 5.52 Å². The van der Waals surface area contributed by atoms with E-state index in [9.17, 15) is 0 Å². The Labute approximate surface area is 115 Å². The van der Waals surface area contributed by atoms with Crippen LogP contribution in [0.2, 0.25) is 0 Å². The normalized spacial score (nSPS) is 10.7. The highest BCUT2D eigenvalue weighted by atomic mass is 15.2. The fourth-order valence-corrected chi connectivity index (χ4v) is 1.76. The Hall–Kier alpha value is -2.77. The van der Waals surface area contributed by atoms with E-state index in [0.717, 1.165) is 16.9 Å². The van der Waals surface area contributed by atoms with Crippen molar-refractivity contribution in [1.82, 2.24) is 29.9 Å². The van der Waals surface area contributed by atoms with Crippen LogP contribution in [0.4, 0.5) is 11.8 Å². The Morgan fingerprint density at radius 1 is 1.15 bits per heavy atom. The van der Waals surface area contributed by atoms with Crippen LogP contribution < -0.4 is 10.6 Å². The summed E-state index contributed by atoms with van der Waals surface area (Å²) in [4.78, 5) is 24.3. The Bertz CT molecular complexity index is 718. The Morgan fingerprint density at radius 2 is 2.05 bits per heavy atom. The summed E-state index contributed by atoms with van der Waals surface area (Å²) in [5.41, 5.74) is 3.11. The molecule has 0 unspecified atom stereocenters. The van der Waals surface area contributed by atoms with Gasteiger partial charge in [0.2, 0.25) is 5.95 Å². The lowest BCUT2D eigenvalue weighted by Crippen LogP contribution is -2.07. The van der Waals surface area contributed by atoms with E-state index in [4.69, 9.17) is 0 Å². The Morgan fingerprint density at radius 3 is 2.80 bits per heavy atom.